The molecular formula is C23H30N4OS. The SMILES string of the molecule is Cc1ccc(-n2cnnc2SC(C)C(=O)NC23CC4CC(CC(C4)C2)C3)c(C)c1. The molecular weight excluding hydrogens is 380 g/mol. The van der Waals surface area contributed by atoms with E-state index < -0.39 is 0 Å². The van der Waals surface area contributed by atoms with Crippen molar-refractivity contribution in [3.05, 3.63) is 35.7 Å². The van der Waals surface area contributed by atoms with Crippen molar-refractivity contribution in [2.45, 2.75) is 75.2 Å². The minimum atomic E-state index is -0.197. The van der Waals surface area contributed by atoms with Gasteiger partial charge in [-0.05, 0) is 88.7 Å². The lowest BCUT2D eigenvalue weighted by atomic mass is 9.53. The average Bonchev–Trinajstić information content (AvgIpc) is 3.08. The van der Waals surface area contributed by atoms with E-state index in [0.29, 0.717) is 0 Å². The topological polar surface area (TPSA) is 59.8 Å². The van der Waals surface area contributed by atoms with E-state index in [4.69, 9.17) is 0 Å². The smallest absolute Gasteiger partial charge is 0.233 e. The Morgan fingerprint density at radius 2 is 1.83 bits per heavy atom. The summed E-state index contributed by atoms with van der Waals surface area (Å²) < 4.78 is 1.99. The Morgan fingerprint density at radius 1 is 1.17 bits per heavy atom. The first kappa shape index (κ1) is 19.2. The molecule has 1 heterocycles. The van der Waals surface area contributed by atoms with E-state index in [1.807, 2.05) is 11.5 Å². The van der Waals surface area contributed by atoms with Gasteiger partial charge in [-0.15, -0.1) is 10.2 Å². The molecule has 1 unspecified atom stereocenters. The van der Waals surface area contributed by atoms with Crippen molar-refractivity contribution in [3.63, 3.8) is 0 Å². The highest BCUT2D eigenvalue weighted by molar-refractivity contribution is 8.00. The van der Waals surface area contributed by atoms with Gasteiger partial charge in [-0.25, -0.2) is 0 Å². The zero-order chi connectivity index (χ0) is 20.2. The molecule has 2 aromatic rings. The highest BCUT2D eigenvalue weighted by atomic mass is 32.2. The third kappa shape index (κ3) is 3.60. The van der Waals surface area contributed by atoms with Gasteiger partial charge < -0.3 is 5.32 Å². The molecule has 1 amide bonds. The van der Waals surface area contributed by atoms with Crippen molar-refractivity contribution in [1.29, 1.82) is 0 Å². The summed E-state index contributed by atoms with van der Waals surface area (Å²) in [5, 5.41) is 12.5. The summed E-state index contributed by atoms with van der Waals surface area (Å²) in [4.78, 5) is 13.1. The summed E-state index contributed by atoms with van der Waals surface area (Å²) in [7, 11) is 0. The summed E-state index contributed by atoms with van der Waals surface area (Å²) in [5.41, 5.74) is 3.54. The number of nitrogens with one attached hydrogen (secondary N) is 1. The molecule has 1 N–H and O–H groups in total. The van der Waals surface area contributed by atoms with Crippen LogP contribution in [0, 0.1) is 31.6 Å². The summed E-state index contributed by atoms with van der Waals surface area (Å²) >= 11 is 1.50. The lowest BCUT2D eigenvalue weighted by Crippen LogP contribution is -2.60. The predicted octanol–water partition coefficient (Wildman–Crippen LogP) is 4.45. The van der Waals surface area contributed by atoms with Crippen molar-refractivity contribution < 1.29 is 4.79 Å². The fourth-order valence-electron chi connectivity index (χ4n) is 6.38. The van der Waals surface area contributed by atoms with E-state index in [0.717, 1.165) is 28.6 Å². The van der Waals surface area contributed by atoms with Gasteiger partial charge in [0.05, 0.1) is 10.9 Å². The quantitative estimate of drug-likeness (QED) is 0.740. The van der Waals surface area contributed by atoms with Gasteiger partial charge in [0.1, 0.15) is 6.33 Å². The minimum Gasteiger partial charge on any atom is -0.350 e. The van der Waals surface area contributed by atoms with Gasteiger partial charge in [-0.2, -0.15) is 0 Å². The lowest BCUT2D eigenvalue weighted by molar-refractivity contribution is -0.126. The summed E-state index contributed by atoms with van der Waals surface area (Å²) in [5.74, 6) is 2.64. The lowest BCUT2D eigenvalue weighted by Gasteiger charge is -2.57. The van der Waals surface area contributed by atoms with Crippen molar-refractivity contribution in [1.82, 2.24) is 20.1 Å². The molecule has 5 nitrogen and oxygen atoms in total. The van der Waals surface area contributed by atoms with Crippen molar-refractivity contribution in [2.75, 3.05) is 0 Å². The number of aromatic nitrogens is 3. The third-order valence-electron chi connectivity index (χ3n) is 7.21. The van der Waals surface area contributed by atoms with Crippen LogP contribution in [0.15, 0.2) is 29.7 Å². The number of carbonyl (C=O) groups is 1. The summed E-state index contributed by atoms with van der Waals surface area (Å²) in [6.45, 7) is 6.18. The second-order valence-electron chi connectivity index (χ2n) is 9.72. The number of aryl methyl sites for hydroxylation is 2. The molecule has 4 saturated carbocycles. The second kappa shape index (κ2) is 7.15. The largest absolute Gasteiger partial charge is 0.350 e. The Hall–Kier alpha value is -1.82. The number of nitrogens with zero attached hydrogens (tertiary/aromatic N) is 3. The number of carbonyl (C=O) groups excluding carboxylic acids is 1. The highest BCUT2D eigenvalue weighted by Crippen LogP contribution is 2.55. The van der Waals surface area contributed by atoms with E-state index in [1.54, 1.807) is 6.33 Å². The molecule has 1 aromatic carbocycles. The Bertz CT molecular complexity index is 901. The van der Waals surface area contributed by atoms with Crippen LogP contribution in [-0.2, 0) is 4.79 Å². The molecule has 0 aliphatic heterocycles. The van der Waals surface area contributed by atoms with E-state index in [-0.39, 0.29) is 16.7 Å². The molecule has 4 aliphatic rings. The Morgan fingerprint density at radius 3 is 2.45 bits per heavy atom. The van der Waals surface area contributed by atoms with Gasteiger partial charge >= 0.3 is 0 Å². The number of hydrogen-bond donors (Lipinski definition) is 1. The van der Waals surface area contributed by atoms with Gasteiger partial charge in [0.25, 0.3) is 0 Å². The molecule has 6 rings (SSSR count). The van der Waals surface area contributed by atoms with Crippen LogP contribution in [0.1, 0.15) is 56.6 Å². The monoisotopic (exact) mass is 410 g/mol. The van der Waals surface area contributed by atoms with E-state index in [2.05, 4.69) is 47.6 Å². The van der Waals surface area contributed by atoms with Gasteiger partial charge in [-0.3, -0.25) is 9.36 Å². The molecule has 0 radical (unpaired) electrons. The number of hydrogen-bond acceptors (Lipinski definition) is 4. The van der Waals surface area contributed by atoms with Gasteiger partial charge in [0, 0.05) is 5.54 Å². The minimum absolute atomic E-state index is 0.0574. The Balaban J connectivity index is 1.30. The molecule has 4 aliphatic carbocycles. The van der Waals surface area contributed by atoms with Gasteiger partial charge in [-0.1, -0.05) is 29.5 Å². The summed E-state index contributed by atoms with van der Waals surface area (Å²) in [6, 6.07) is 6.35. The molecule has 6 heteroatoms. The maximum absolute atomic E-state index is 13.1. The standard InChI is InChI=1S/C23H30N4OS/c1-14-4-5-20(15(2)6-14)27-13-24-26-22(27)29-16(3)21(28)25-23-10-17-7-18(11-23)9-19(8-17)12-23/h4-6,13,16-19H,7-12H2,1-3H3,(H,25,28). The Labute approximate surface area is 177 Å². The maximum Gasteiger partial charge on any atom is 0.233 e. The molecule has 4 bridgehead atoms. The third-order valence-corrected chi connectivity index (χ3v) is 8.26. The highest BCUT2D eigenvalue weighted by Gasteiger charge is 2.51. The maximum atomic E-state index is 13.1. The van der Waals surface area contributed by atoms with Crippen LogP contribution in [0.2, 0.25) is 0 Å². The molecule has 0 spiro atoms. The van der Waals surface area contributed by atoms with Crippen molar-refractivity contribution >= 4 is 17.7 Å². The van der Waals surface area contributed by atoms with Crippen molar-refractivity contribution in [2.24, 2.45) is 17.8 Å². The molecule has 1 atom stereocenters. The fraction of sp³-hybridized carbons (Fsp3) is 0.609. The van der Waals surface area contributed by atoms with Crippen LogP contribution < -0.4 is 5.32 Å². The Kier molecular flexibility index (Phi) is 4.72. The average molecular weight is 411 g/mol. The van der Waals surface area contributed by atoms with Crippen LogP contribution in [0.4, 0.5) is 0 Å². The summed E-state index contributed by atoms with van der Waals surface area (Å²) in [6.07, 6.45) is 9.45. The van der Waals surface area contributed by atoms with Gasteiger partial charge in [0.15, 0.2) is 5.16 Å². The molecule has 154 valence electrons. The molecule has 1 aromatic heterocycles. The normalized spacial score (nSPS) is 31.1. The van der Waals surface area contributed by atoms with E-state index in [9.17, 15) is 4.79 Å². The van der Waals surface area contributed by atoms with Crippen molar-refractivity contribution in [3.8, 4) is 5.69 Å². The second-order valence-corrected chi connectivity index (χ2v) is 11.0. The van der Waals surface area contributed by atoms with E-state index >= 15 is 0 Å². The van der Waals surface area contributed by atoms with Gasteiger partial charge in [0.2, 0.25) is 5.91 Å². The van der Waals surface area contributed by atoms with Crippen LogP contribution in [-0.4, -0.2) is 31.5 Å². The zero-order valence-electron chi connectivity index (χ0n) is 17.5. The van der Waals surface area contributed by atoms with Crippen LogP contribution in [0.25, 0.3) is 5.69 Å². The number of benzene rings is 1. The first-order chi connectivity index (χ1) is 13.9. The molecule has 0 saturated heterocycles. The zero-order valence-corrected chi connectivity index (χ0v) is 18.3. The molecule has 29 heavy (non-hydrogen) atoms. The fourth-order valence-corrected chi connectivity index (χ4v) is 7.22. The number of thioether (sulfide) groups is 1. The molecule has 4 fully saturated rings. The van der Waals surface area contributed by atoms with Crippen LogP contribution >= 0.6 is 11.8 Å². The van der Waals surface area contributed by atoms with Crippen LogP contribution in [0.3, 0.4) is 0 Å². The number of rotatable bonds is 5. The first-order valence-electron chi connectivity index (χ1n) is 10.9. The number of amides is 1. The predicted molar refractivity (Wildman–Crippen MR) is 115 cm³/mol. The van der Waals surface area contributed by atoms with E-state index in [1.165, 1.54) is 61.4 Å². The van der Waals surface area contributed by atoms with Crippen LogP contribution in [0.5, 0.6) is 0 Å². The first-order valence-corrected chi connectivity index (χ1v) is 11.7.